The Hall–Kier alpha value is -1.69. The van der Waals surface area contributed by atoms with Gasteiger partial charge in [-0.25, -0.2) is 0 Å². The summed E-state index contributed by atoms with van der Waals surface area (Å²) in [6, 6.07) is 3.59. The molecule has 0 bridgehead atoms. The number of hydrogen-bond donors (Lipinski definition) is 1. The van der Waals surface area contributed by atoms with Crippen LogP contribution in [0.15, 0.2) is 34.2 Å². The molecule has 5 nitrogen and oxygen atoms in total. The number of aromatic nitrogens is 3. The van der Waals surface area contributed by atoms with E-state index in [-0.39, 0.29) is 0 Å². The highest BCUT2D eigenvalue weighted by molar-refractivity contribution is 7.71. The summed E-state index contributed by atoms with van der Waals surface area (Å²) in [6.45, 7) is 0. The number of hydrogen-bond acceptors (Lipinski definition) is 4. The Balaban J connectivity index is 2.24. The van der Waals surface area contributed by atoms with Gasteiger partial charge in [0, 0.05) is 0 Å². The third kappa shape index (κ3) is 1.73. The Morgan fingerprint density at radius 2 is 2.62 bits per heavy atom. The van der Waals surface area contributed by atoms with E-state index in [1.807, 2.05) is 0 Å². The van der Waals surface area contributed by atoms with Crippen molar-refractivity contribution in [2.45, 2.75) is 0 Å². The zero-order chi connectivity index (χ0) is 9.10. The summed E-state index contributed by atoms with van der Waals surface area (Å²) in [7, 11) is 0. The van der Waals surface area contributed by atoms with E-state index in [1.54, 1.807) is 24.6 Å². The lowest BCUT2D eigenvalue weighted by atomic mass is 10.5. The van der Waals surface area contributed by atoms with Crippen LogP contribution in [0.4, 0.5) is 0 Å². The summed E-state index contributed by atoms with van der Waals surface area (Å²) in [5.41, 5.74) is 0. The predicted molar refractivity (Wildman–Crippen MR) is 49.1 cm³/mol. The van der Waals surface area contributed by atoms with Gasteiger partial charge in [-0.05, 0) is 24.4 Å². The monoisotopic (exact) mass is 194 g/mol. The number of rotatable bonds is 2. The molecule has 2 heterocycles. The van der Waals surface area contributed by atoms with Gasteiger partial charge >= 0.3 is 0 Å². The lowest BCUT2D eigenvalue weighted by Crippen LogP contribution is -1.87. The number of nitrogens with one attached hydrogen (secondary N) is 1. The fourth-order valence-electron chi connectivity index (χ4n) is 0.809. The van der Waals surface area contributed by atoms with Gasteiger partial charge in [0.25, 0.3) is 0 Å². The van der Waals surface area contributed by atoms with Crippen molar-refractivity contribution in [3.05, 3.63) is 35.3 Å². The molecule has 13 heavy (non-hydrogen) atoms. The average Bonchev–Trinajstić information content (AvgIpc) is 2.72. The number of aromatic amines is 1. The predicted octanol–water partition coefficient (Wildman–Crippen LogP) is 1.42. The highest BCUT2D eigenvalue weighted by Gasteiger charge is 1.90. The molecule has 0 unspecified atom stereocenters. The summed E-state index contributed by atoms with van der Waals surface area (Å²) in [5.74, 6) is 0.670. The van der Waals surface area contributed by atoms with E-state index in [9.17, 15) is 0 Å². The molecule has 1 N–H and O–H groups in total. The lowest BCUT2D eigenvalue weighted by Gasteiger charge is -1.86. The molecule has 2 aromatic heterocycles. The number of furan rings is 1. The van der Waals surface area contributed by atoms with Crippen LogP contribution >= 0.6 is 12.2 Å². The average molecular weight is 194 g/mol. The minimum Gasteiger partial charge on any atom is -0.463 e. The summed E-state index contributed by atoms with van der Waals surface area (Å²) >= 11 is 4.88. The van der Waals surface area contributed by atoms with Crippen LogP contribution in [0.25, 0.3) is 0 Å². The van der Waals surface area contributed by atoms with Crippen molar-refractivity contribution in [1.82, 2.24) is 14.9 Å². The van der Waals surface area contributed by atoms with E-state index in [0.29, 0.717) is 10.5 Å². The Bertz CT molecular complexity index is 453. The van der Waals surface area contributed by atoms with Crippen LogP contribution in [0.2, 0.25) is 0 Å². The zero-order valence-corrected chi connectivity index (χ0v) is 7.36. The van der Waals surface area contributed by atoms with Gasteiger partial charge in [0.15, 0.2) is 0 Å². The van der Waals surface area contributed by atoms with E-state index in [1.165, 1.54) is 11.0 Å². The molecular formula is C7H6N4OS. The van der Waals surface area contributed by atoms with Crippen molar-refractivity contribution in [2.75, 3.05) is 0 Å². The molecule has 0 aliphatic heterocycles. The van der Waals surface area contributed by atoms with Crippen LogP contribution in [-0.2, 0) is 0 Å². The molecular weight excluding hydrogens is 188 g/mol. The smallest absolute Gasteiger partial charge is 0.216 e. The third-order valence-electron chi connectivity index (χ3n) is 1.39. The van der Waals surface area contributed by atoms with Gasteiger partial charge in [-0.15, -0.1) is 0 Å². The van der Waals surface area contributed by atoms with Crippen LogP contribution in [0, 0.1) is 4.77 Å². The summed E-state index contributed by atoms with van der Waals surface area (Å²) < 4.78 is 6.93. The van der Waals surface area contributed by atoms with Gasteiger partial charge in [0.05, 0.1) is 12.5 Å². The molecule has 0 aromatic carbocycles. The first-order chi connectivity index (χ1) is 6.36. The Morgan fingerprint density at radius 1 is 1.69 bits per heavy atom. The highest BCUT2D eigenvalue weighted by atomic mass is 32.1. The topological polar surface area (TPSA) is 59.1 Å². The van der Waals surface area contributed by atoms with Gasteiger partial charge in [-0.1, -0.05) is 0 Å². The molecule has 0 radical (unpaired) electrons. The maximum atomic E-state index is 5.04. The first kappa shape index (κ1) is 7.93. The van der Waals surface area contributed by atoms with E-state index in [4.69, 9.17) is 16.6 Å². The van der Waals surface area contributed by atoms with Gasteiger partial charge in [0.1, 0.15) is 12.1 Å². The Labute approximate surface area is 78.7 Å². The second-order valence-corrected chi connectivity index (χ2v) is 2.65. The van der Waals surface area contributed by atoms with Gasteiger partial charge < -0.3 is 4.42 Å². The number of nitrogens with zero attached hydrogens (tertiary/aromatic N) is 3. The fraction of sp³-hybridized carbons (Fsp3) is 0. The van der Waals surface area contributed by atoms with Crippen molar-refractivity contribution in [3.63, 3.8) is 0 Å². The quantitative estimate of drug-likeness (QED) is 0.581. The molecule has 2 aromatic rings. The van der Waals surface area contributed by atoms with Crippen LogP contribution in [0.1, 0.15) is 5.76 Å². The molecule has 0 saturated heterocycles. The van der Waals surface area contributed by atoms with Gasteiger partial charge in [-0.2, -0.15) is 14.9 Å². The maximum absolute atomic E-state index is 5.04. The Morgan fingerprint density at radius 3 is 3.23 bits per heavy atom. The second-order valence-electron chi connectivity index (χ2n) is 2.27. The normalized spacial score (nSPS) is 11.1. The summed E-state index contributed by atoms with van der Waals surface area (Å²) in [6.07, 6.45) is 4.63. The van der Waals surface area contributed by atoms with Gasteiger partial charge in [0.2, 0.25) is 4.77 Å². The molecule has 2 rings (SSSR count). The Kier molecular flexibility index (Phi) is 2.05. The van der Waals surface area contributed by atoms with Crippen LogP contribution in [0.5, 0.6) is 0 Å². The molecule has 66 valence electrons. The van der Waals surface area contributed by atoms with Crippen molar-refractivity contribution < 1.29 is 4.42 Å². The summed E-state index contributed by atoms with van der Waals surface area (Å²) in [5, 5.41) is 10.3. The van der Waals surface area contributed by atoms with Crippen molar-refractivity contribution in [1.29, 1.82) is 0 Å². The molecule has 0 saturated carbocycles. The number of H-pyrrole nitrogens is 1. The minimum absolute atomic E-state index is 0.447. The second kappa shape index (κ2) is 3.36. The molecule has 0 spiro atoms. The third-order valence-corrected chi connectivity index (χ3v) is 1.67. The zero-order valence-electron chi connectivity index (χ0n) is 6.54. The van der Waals surface area contributed by atoms with Crippen LogP contribution < -0.4 is 0 Å². The lowest BCUT2D eigenvalue weighted by molar-refractivity contribution is 0.559. The van der Waals surface area contributed by atoms with Crippen LogP contribution in [0.3, 0.4) is 0 Å². The molecule has 0 aliphatic rings. The van der Waals surface area contributed by atoms with Crippen LogP contribution in [-0.4, -0.2) is 21.1 Å². The maximum Gasteiger partial charge on any atom is 0.216 e. The molecule has 6 heteroatoms. The first-order valence-electron chi connectivity index (χ1n) is 3.56. The van der Waals surface area contributed by atoms with E-state index >= 15 is 0 Å². The van der Waals surface area contributed by atoms with E-state index in [2.05, 4.69) is 15.3 Å². The molecule has 0 fully saturated rings. The fourth-order valence-corrected chi connectivity index (χ4v) is 0.956. The molecule has 0 atom stereocenters. The molecule has 0 aliphatic carbocycles. The standard InChI is InChI=1S/C7H6N4OS/c13-7-10-8-5-11(7)9-4-6-2-1-3-12-6/h1-5H,(H,10,13)/b9-4-. The summed E-state index contributed by atoms with van der Waals surface area (Å²) in [4.78, 5) is 0. The van der Waals surface area contributed by atoms with Crippen molar-refractivity contribution >= 4 is 18.4 Å². The van der Waals surface area contributed by atoms with Gasteiger partial charge in [-0.3, -0.25) is 5.10 Å². The van der Waals surface area contributed by atoms with Crippen molar-refractivity contribution in [2.24, 2.45) is 5.10 Å². The largest absolute Gasteiger partial charge is 0.463 e. The first-order valence-corrected chi connectivity index (χ1v) is 3.97. The molecule has 0 amide bonds. The SMILES string of the molecule is S=c1[nH]ncn1/N=C\c1ccco1. The van der Waals surface area contributed by atoms with Crippen molar-refractivity contribution in [3.8, 4) is 0 Å². The van der Waals surface area contributed by atoms with E-state index < -0.39 is 0 Å². The minimum atomic E-state index is 0.447. The van der Waals surface area contributed by atoms with E-state index in [0.717, 1.165) is 0 Å². The highest BCUT2D eigenvalue weighted by Crippen LogP contribution is 1.95.